The van der Waals surface area contributed by atoms with E-state index in [2.05, 4.69) is 5.32 Å². The van der Waals surface area contributed by atoms with Crippen molar-refractivity contribution in [1.82, 2.24) is 4.90 Å². The Bertz CT molecular complexity index is 521. The molecule has 2 amide bonds. The SMILES string of the molecule is O=C(O)CC[C@@H]1CCCN(C(=O)Nc2cccc(F)c2)C1. The molecule has 0 spiro atoms. The van der Waals surface area contributed by atoms with Crippen molar-refractivity contribution in [2.45, 2.75) is 25.7 Å². The van der Waals surface area contributed by atoms with Gasteiger partial charge in [-0.15, -0.1) is 0 Å². The van der Waals surface area contributed by atoms with Gasteiger partial charge in [0, 0.05) is 25.2 Å². The minimum absolute atomic E-state index is 0.129. The molecule has 0 aromatic heterocycles. The molecule has 1 aromatic rings. The molecule has 0 saturated carbocycles. The third-order valence-electron chi connectivity index (χ3n) is 3.65. The summed E-state index contributed by atoms with van der Waals surface area (Å²) < 4.78 is 13.1. The number of carboxylic acid groups (broad SMARTS) is 1. The molecule has 0 radical (unpaired) electrons. The molecule has 1 aliphatic heterocycles. The monoisotopic (exact) mass is 294 g/mol. The number of carboxylic acids is 1. The van der Waals surface area contributed by atoms with E-state index in [0.29, 0.717) is 25.2 Å². The number of benzene rings is 1. The van der Waals surface area contributed by atoms with Gasteiger partial charge >= 0.3 is 12.0 Å². The largest absolute Gasteiger partial charge is 0.481 e. The lowest BCUT2D eigenvalue weighted by Crippen LogP contribution is -2.42. The molecule has 1 aliphatic rings. The average molecular weight is 294 g/mol. The van der Waals surface area contributed by atoms with Crippen molar-refractivity contribution < 1.29 is 19.1 Å². The van der Waals surface area contributed by atoms with Crippen LogP contribution < -0.4 is 5.32 Å². The number of rotatable bonds is 4. The Kier molecular flexibility index (Phi) is 5.14. The minimum atomic E-state index is -0.809. The van der Waals surface area contributed by atoms with Crippen molar-refractivity contribution in [2.24, 2.45) is 5.92 Å². The van der Waals surface area contributed by atoms with E-state index < -0.39 is 11.8 Å². The van der Waals surface area contributed by atoms with Gasteiger partial charge in [-0.2, -0.15) is 0 Å². The fourth-order valence-corrected chi connectivity index (χ4v) is 2.58. The molecule has 0 bridgehead atoms. The highest BCUT2D eigenvalue weighted by Crippen LogP contribution is 2.22. The van der Waals surface area contributed by atoms with E-state index in [9.17, 15) is 14.0 Å². The number of carbonyl (C=O) groups is 2. The van der Waals surface area contributed by atoms with Crippen LogP contribution >= 0.6 is 0 Å². The molecule has 6 heteroatoms. The van der Waals surface area contributed by atoms with E-state index in [1.54, 1.807) is 11.0 Å². The fourth-order valence-electron chi connectivity index (χ4n) is 2.58. The molecule has 1 saturated heterocycles. The van der Waals surface area contributed by atoms with Crippen LogP contribution in [0.15, 0.2) is 24.3 Å². The predicted molar refractivity (Wildman–Crippen MR) is 76.6 cm³/mol. The highest BCUT2D eigenvalue weighted by molar-refractivity contribution is 5.89. The predicted octanol–water partition coefficient (Wildman–Crippen LogP) is 2.93. The molecule has 0 aliphatic carbocycles. The lowest BCUT2D eigenvalue weighted by molar-refractivity contribution is -0.137. The second-order valence-electron chi connectivity index (χ2n) is 5.33. The van der Waals surface area contributed by atoms with Gasteiger partial charge in [0.25, 0.3) is 0 Å². The molecule has 1 aromatic carbocycles. The first kappa shape index (κ1) is 15.3. The van der Waals surface area contributed by atoms with Crippen molar-refractivity contribution in [3.8, 4) is 0 Å². The Balaban J connectivity index is 1.88. The Hall–Kier alpha value is -2.11. The number of carbonyl (C=O) groups excluding carboxylic acids is 1. The van der Waals surface area contributed by atoms with Gasteiger partial charge in [-0.05, 0) is 43.4 Å². The number of amides is 2. The summed E-state index contributed by atoms with van der Waals surface area (Å²) in [6.07, 6.45) is 2.51. The maximum absolute atomic E-state index is 13.1. The van der Waals surface area contributed by atoms with E-state index in [1.165, 1.54) is 18.2 Å². The molecule has 1 atom stereocenters. The minimum Gasteiger partial charge on any atom is -0.481 e. The van der Waals surface area contributed by atoms with Gasteiger partial charge < -0.3 is 15.3 Å². The third-order valence-corrected chi connectivity index (χ3v) is 3.65. The molecule has 1 fully saturated rings. The maximum atomic E-state index is 13.1. The number of nitrogens with zero attached hydrogens (tertiary/aromatic N) is 1. The molecule has 1 heterocycles. The summed E-state index contributed by atoms with van der Waals surface area (Å²) >= 11 is 0. The lowest BCUT2D eigenvalue weighted by Gasteiger charge is -2.32. The first-order chi connectivity index (χ1) is 10.0. The van der Waals surface area contributed by atoms with Crippen LogP contribution in [0.2, 0.25) is 0 Å². The maximum Gasteiger partial charge on any atom is 0.321 e. The van der Waals surface area contributed by atoms with Crippen molar-refractivity contribution in [1.29, 1.82) is 0 Å². The van der Waals surface area contributed by atoms with Gasteiger partial charge in [-0.1, -0.05) is 6.07 Å². The zero-order valence-corrected chi connectivity index (χ0v) is 11.7. The summed E-state index contributed by atoms with van der Waals surface area (Å²) in [5.74, 6) is -0.991. The number of aliphatic carboxylic acids is 1. The van der Waals surface area contributed by atoms with Crippen LogP contribution in [0.25, 0.3) is 0 Å². The van der Waals surface area contributed by atoms with E-state index in [0.717, 1.165) is 12.8 Å². The highest BCUT2D eigenvalue weighted by atomic mass is 19.1. The van der Waals surface area contributed by atoms with Crippen molar-refractivity contribution >= 4 is 17.7 Å². The molecule has 0 unspecified atom stereocenters. The van der Waals surface area contributed by atoms with Gasteiger partial charge in [0.15, 0.2) is 0 Å². The zero-order chi connectivity index (χ0) is 15.2. The fraction of sp³-hybridized carbons (Fsp3) is 0.467. The second-order valence-corrected chi connectivity index (χ2v) is 5.33. The molecule has 2 N–H and O–H groups in total. The highest BCUT2D eigenvalue weighted by Gasteiger charge is 2.24. The number of urea groups is 1. The number of nitrogens with one attached hydrogen (secondary N) is 1. The molecular formula is C15H19FN2O3. The molecule has 5 nitrogen and oxygen atoms in total. The number of piperidine rings is 1. The normalized spacial score (nSPS) is 18.3. The summed E-state index contributed by atoms with van der Waals surface area (Å²) in [4.78, 5) is 24.4. The van der Waals surface area contributed by atoms with Crippen molar-refractivity contribution in [3.05, 3.63) is 30.1 Å². The van der Waals surface area contributed by atoms with Crippen LogP contribution in [0.4, 0.5) is 14.9 Å². The van der Waals surface area contributed by atoms with Gasteiger partial charge in [-0.25, -0.2) is 9.18 Å². The summed E-state index contributed by atoms with van der Waals surface area (Å²) in [5.41, 5.74) is 0.424. The molecular weight excluding hydrogens is 275 g/mol. The van der Waals surface area contributed by atoms with E-state index in [4.69, 9.17) is 5.11 Å². The Morgan fingerprint density at radius 3 is 2.95 bits per heavy atom. The quantitative estimate of drug-likeness (QED) is 0.897. The topological polar surface area (TPSA) is 69.6 Å². The first-order valence-electron chi connectivity index (χ1n) is 7.08. The van der Waals surface area contributed by atoms with Crippen LogP contribution in [0.3, 0.4) is 0 Å². The Labute approximate surface area is 122 Å². The third kappa shape index (κ3) is 4.73. The van der Waals surface area contributed by atoms with Crippen LogP contribution in [0, 0.1) is 11.7 Å². The number of halogens is 1. The van der Waals surface area contributed by atoms with Crippen LogP contribution in [-0.2, 0) is 4.79 Å². The smallest absolute Gasteiger partial charge is 0.321 e. The van der Waals surface area contributed by atoms with Crippen molar-refractivity contribution in [2.75, 3.05) is 18.4 Å². The number of anilines is 1. The molecule has 21 heavy (non-hydrogen) atoms. The summed E-state index contributed by atoms with van der Waals surface area (Å²) in [5, 5.41) is 11.4. The number of hydrogen-bond donors (Lipinski definition) is 2. The average Bonchev–Trinajstić information content (AvgIpc) is 2.45. The van der Waals surface area contributed by atoms with E-state index in [1.807, 2.05) is 0 Å². The Morgan fingerprint density at radius 1 is 1.43 bits per heavy atom. The van der Waals surface area contributed by atoms with Crippen LogP contribution in [-0.4, -0.2) is 35.1 Å². The molecule has 2 rings (SSSR count). The lowest BCUT2D eigenvalue weighted by atomic mass is 9.93. The first-order valence-corrected chi connectivity index (χ1v) is 7.08. The van der Waals surface area contributed by atoms with E-state index in [-0.39, 0.29) is 18.4 Å². The van der Waals surface area contributed by atoms with Gasteiger partial charge in [0.05, 0.1) is 0 Å². The van der Waals surface area contributed by atoms with Crippen LogP contribution in [0.5, 0.6) is 0 Å². The van der Waals surface area contributed by atoms with Crippen LogP contribution in [0.1, 0.15) is 25.7 Å². The Morgan fingerprint density at radius 2 is 2.24 bits per heavy atom. The standard InChI is InChI=1S/C15H19FN2O3/c16-12-4-1-5-13(9-12)17-15(21)18-8-2-3-11(10-18)6-7-14(19)20/h1,4-5,9,11H,2-3,6-8,10H2,(H,17,21)(H,19,20)/t11-/m0/s1. The van der Waals surface area contributed by atoms with E-state index >= 15 is 0 Å². The summed E-state index contributed by atoms with van der Waals surface area (Å²) in [6.45, 7) is 1.19. The van der Waals surface area contributed by atoms with Gasteiger partial charge in [0.2, 0.25) is 0 Å². The zero-order valence-electron chi connectivity index (χ0n) is 11.7. The number of hydrogen-bond acceptors (Lipinski definition) is 2. The number of likely N-dealkylation sites (tertiary alicyclic amines) is 1. The summed E-state index contributed by atoms with van der Waals surface area (Å²) in [6, 6.07) is 5.49. The molecule has 114 valence electrons. The summed E-state index contributed by atoms with van der Waals surface area (Å²) in [7, 11) is 0. The van der Waals surface area contributed by atoms with Gasteiger partial charge in [0.1, 0.15) is 5.82 Å². The van der Waals surface area contributed by atoms with Gasteiger partial charge in [-0.3, -0.25) is 4.79 Å². The second kappa shape index (κ2) is 7.06. The van der Waals surface area contributed by atoms with Crippen molar-refractivity contribution in [3.63, 3.8) is 0 Å².